The smallest absolute Gasteiger partial charge is 0.263 e. The summed E-state index contributed by atoms with van der Waals surface area (Å²) in [7, 11) is 1.95. The number of rotatable bonds is 0. The maximum absolute atomic E-state index is 11.8. The van der Waals surface area contributed by atoms with Crippen LogP contribution in [-0.4, -0.2) is 42.7 Å². The molecule has 6 heteroatoms. The van der Waals surface area contributed by atoms with Gasteiger partial charge in [-0.05, 0) is 38.8 Å². The van der Waals surface area contributed by atoms with Crippen LogP contribution in [0.2, 0.25) is 0 Å². The molecule has 18 heavy (non-hydrogen) atoms. The zero-order valence-corrected chi connectivity index (χ0v) is 10.1. The van der Waals surface area contributed by atoms with Crippen LogP contribution in [0.5, 0.6) is 0 Å². The predicted octanol–water partition coefficient (Wildman–Crippen LogP) is -0.331. The highest BCUT2D eigenvalue weighted by molar-refractivity contribution is 6.14. The summed E-state index contributed by atoms with van der Waals surface area (Å²) in [5.41, 5.74) is -0.690. The zero-order chi connectivity index (χ0) is 13.3. The van der Waals surface area contributed by atoms with Crippen molar-refractivity contribution in [3.8, 4) is 6.07 Å². The van der Waals surface area contributed by atoms with Crippen LogP contribution in [0.4, 0.5) is 0 Å². The molecule has 0 bridgehead atoms. The average Bonchev–Trinajstić information content (AvgIpc) is 2.33. The normalized spacial score (nSPS) is 27.6. The second kappa shape index (κ2) is 4.37. The van der Waals surface area contributed by atoms with Gasteiger partial charge in [0.1, 0.15) is 5.92 Å². The van der Waals surface area contributed by atoms with Crippen molar-refractivity contribution in [1.82, 2.24) is 10.2 Å². The lowest BCUT2D eigenvalue weighted by atomic mass is 9.62. The lowest BCUT2D eigenvalue weighted by Crippen LogP contribution is -2.57. The van der Waals surface area contributed by atoms with E-state index in [1.807, 2.05) is 13.1 Å². The SMILES string of the molecule is CN1CCC2(CC1)C(=C=N)C(=O)NC(=O)C2C#N. The predicted molar refractivity (Wildman–Crippen MR) is 62.7 cm³/mol. The molecule has 0 aliphatic carbocycles. The van der Waals surface area contributed by atoms with Crippen LogP contribution in [0.15, 0.2) is 5.57 Å². The molecule has 0 radical (unpaired) electrons. The fraction of sp³-hybridized carbons (Fsp3) is 0.583. The Morgan fingerprint density at radius 2 is 2.06 bits per heavy atom. The van der Waals surface area contributed by atoms with Gasteiger partial charge in [-0.1, -0.05) is 0 Å². The highest BCUT2D eigenvalue weighted by Gasteiger charge is 2.53. The van der Waals surface area contributed by atoms with Crippen molar-refractivity contribution in [3.63, 3.8) is 0 Å². The lowest BCUT2D eigenvalue weighted by Gasteiger charge is -2.44. The molecular formula is C12H14N4O2. The Bertz CT molecular complexity index is 491. The van der Waals surface area contributed by atoms with E-state index in [1.54, 1.807) is 0 Å². The molecule has 1 unspecified atom stereocenters. The van der Waals surface area contributed by atoms with Gasteiger partial charge in [-0.3, -0.25) is 20.3 Å². The molecule has 1 spiro atoms. The highest BCUT2D eigenvalue weighted by atomic mass is 16.2. The van der Waals surface area contributed by atoms with Gasteiger partial charge in [0.25, 0.3) is 5.91 Å². The average molecular weight is 246 g/mol. The van der Waals surface area contributed by atoms with Gasteiger partial charge in [-0.25, -0.2) is 0 Å². The number of hydrogen-bond donors (Lipinski definition) is 2. The number of imide groups is 1. The van der Waals surface area contributed by atoms with Crippen LogP contribution in [0.3, 0.4) is 0 Å². The lowest BCUT2D eigenvalue weighted by molar-refractivity contribution is -0.137. The first-order chi connectivity index (χ1) is 8.55. The van der Waals surface area contributed by atoms with Gasteiger partial charge in [0, 0.05) is 5.41 Å². The third-order valence-electron chi connectivity index (χ3n) is 3.91. The van der Waals surface area contributed by atoms with Crippen LogP contribution in [0.1, 0.15) is 12.8 Å². The molecule has 94 valence electrons. The summed E-state index contributed by atoms with van der Waals surface area (Å²) >= 11 is 0. The van der Waals surface area contributed by atoms with Crippen LogP contribution in [-0.2, 0) is 9.59 Å². The summed E-state index contributed by atoms with van der Waals surface area (Å²) in [5, 5.41) is 18.6. The van der Waals surface area contributed by atoms with Gasteiger partial charge >= 0.3 is 0 Å². The molecule has 1 atom stereocenters. The molecule has 0 saturated carbocycles. The number of likely N-dealkylation sites (tertiary alicyclic amines) is 1. The number of nitrogens with one attached hydrogen (secondary N) is 2. The van der Waals surface area contributed by atoms with E-state index in [0.29, 0.717) is 25.9 Å². The number of piperidine rings is 2. The molecule has 2 rings (SSSR count). The minimum absolute atomic E-state index is 0.141. The van der Waals surface area contributed by atoms with Crippen molar-refractivity contribution in [2.24, 2.45) is 11.3 Å². The van der Waals surface area contributed by atoms with Gasteiger partial charge < -0.3 is 4.90 Å². The summed E-state index contributed by atoms with van der Waals surface area (Å²) < 4.78 is 0. The standard InChI is InChI=1S/C12H14N4O2/c1-16-4-2-12(3-5-16)8(6-13)10(17)15-11(18)9(12)7-14/h8,14H,2-5H2,1H3,(H,15,17,18). The van der Waals surface area contributed by atoms with Crippen molar-refractivity contribution in [2.75, 3.05) is 20.1 Å². The maximum Gasteiger partial charge on any atom is 0.263 e. The van der Waals surface area contributed by atoms with Crippen molar-refractivity contribution < 1.29 is 9.59 Å². The summed E-state index contributed by atoms with van der Waals surface area (Å²) in [5.74, 6) is 0.113. The molecule has 2 saturated heterocycles. The Balaban J connectivity index is 2.49. The van der Waals surface area contributed by atoms with Gasteiger partial charge in [0.05, 0.1) is 11.6 Å². The Morgan fingerprint density at radius 3 is 2.56 bits per heavy atom. The molecular weight excluding hydrogens is 232 g/mol. The molecule has 2 amide bonds. The van der Waals surface area contributed by atoms with Gasteiger partial charge in [0.2, 0.25) is 5.91 Å². The van der Waals surface area contributed by atoms with Gasteiger partial charge in [-0.2, -0.15) is 5.26 Å². The van der Waals surface area contributed by atoms with Crippen molar-refractivity contribution in [1.29, 1.82) is 10.7 Å². The quantitative estimate of drug-likeness (QED) is 0.347. The number of carbonyl (C=O) groups is 2. The Labute approximate surface area is 105 Å². The van der Waals surface area contributed by atoms with Crippen molar-refractivity contribution in [3.05, 3.63) is 5.57 Å². The number of hydrogen-bond acceptors (Lipinski definition) is 5. The van der Waals surface area contributed by atoms with E-state index in [-0.39, 0.29) is 5.57 Å². The number of carbonyl (C=O) groups excluding carboxylic acids is 2. The molecule has 0 aromatic heterocycles. The summed E-state index contributed by atoms with van der Waals surface area (Å²) in [4.78, 5) is 25.6. The van der Waals surface area contributed by atoms with E-state index in [4.69, 9.17) is 5.41 Å². The fourth-order valence-electron chi connectivity index (χ4n) is 2.79. The van der Waals surface area contributed by atoms with Crippen LogP contribution >= 0.6 is 0 Å². The first-order valence-corrected chi connectivity index (χ1v) is 5.78. The van der Waals surface area contributed by atoms with Crippen LogP contribution < -0.4 is 5.32 Å². The Morgan fingerprint density at radius 1 is 1.44 bits per heavy atom. The summed E-state index contributed by atoms with van der Waals surface area (Å²) in [6.45, 7) is 1.40. The molecule has 2 N–H and O–H groups in total. The van der Waals surface area contributed by atoms with Gasteiger partial charge in [-0.15, -0.1) is 0 Å². The topological polar surface area (TPSA) is 97.1 Å². The highest BCUT2D eigenvalue weighted by Crippen LogP contribution is 2.46. The first-order valence-electron chi connectivity index (χ1n) is 5.78. The van der Waals surface area contributed by atoms with Crippen molar-refractivity contribution >= 4 is 17.7 Å². The van der Waals surface area contributed by atoms with E-state index in [2.05, 4.69) is 16.1 Å². The molecule has 0 aromatic carbocycles. The van der Waals surface area contributed by atoms with E-state index in [1.165, 1.54) is 0 Å². The number of nitrogens with zero attached hydrogens (tertiary/aromatic N) is 2. The zero-order valence-electron chi connectivity index (χ0n) is 10.1. The number of nitriles is 1. The molecule has 0 aromatic rings. The van der Waals surface area contributed by atoms with Crippen LogP contribution in [0, 0.1) is 28.1 Å². The molecule has 2 fully saturated rings. The molecule has 2 aliphatic heterocycles. The summed E-state index contributed by atoms with van der Waals surface area (Å²) in [6, 6.07) is 1.99. The number of amides is 2. The minimum Gasteiger partial charge on any atom is -0.306 e. The van der Waals surface area contributed by atoms with Crippen LogP contribution in [0.25, 0.3) is 0 Å². The minimum atomic E-state index is -0.906. The van der Waals surface area contributed by atoms with Crippen molar-refractivity contribution in [2.45, 2.75) is 12.8 Å². The molecule has 2 aliphatic rings. The second-order valence-electron chi connectivity index (χ2n) is 4.84. The van der Waals surface area contributed by atoms with Gasteiger partial charge in [0.15, 0.2) is 0 Å². The fourth-order valence-corrected chi connectivity index (χ4v) is 2.79. The monoisotopic (exact) mass is 246 g/mol. The third-order valence-corrected chi connectivity index (χ3v) is 3.91. The largest absolute Gasteiger partial charge is 0.306 e. The van der Waals surface area contributed by atoms with E-state index < -0.39 is 23.1 Å². The first kappa shape index (κ1) is 12.5. The maximum atomic E-state index is 11.8. The Hall–Kier alpha value is -1.96. The molecule has 6 nitrogen and oxygen atoms in total. The van der Waals surface area contributed by atoms with E-state index >= 15 is 0 Å². The molecule has 2 heterocycles. The second-order valence-corrected chi connectivity index (χ2v) is 4.84. The Kier molecular flexibility index (Phi) is 3.04. The summed E-state index contributed by atoms with van der Waals surface area (Å²) in [6.07, 6.45) is 1.06. The third kappa shape index (κ3) is 1.65. The van der Waals surface area contributed by atoms with E-state index in [9.17, 15) is 14.9 Å². The van der Waals surface area contributed by atoms with E-state index in [0.717, 1.165) is 0 Å².